The molecule has 2 N–H and O–H groups in total. The van der Waals surface area contributed by atoms with Gasteiger partial charge in [-0.15, -0.1) is 0 Å². The minimum Gasteiger partial charge on any atom is -0.467 e. The van der Waals surface area contributed by atoms with E-state index in [9.17, 15) is 9.59 Å². The van der Waals surface area contributed by atoms with Crippen LogP contribution in [0.1, 0.15) is 45.2 Å². The largest absolute Gasteiger partial charge is 0.467 e. The molecule has 0 bridgehead atoms. The molecule has 3 aromatic rings. The van der Waals surface area contributed by atoms with Crippen molar-refractivity contribution in [2.45, 2.75) is 51.2 Å². The molecule has 0 spiro atoms. The van der Waals surface area contributed by atoms with Crippen LogP contribution in [0.3, 0.4) is 0 Å². The summed E-state index contributed by atoms with van der Waals surface area (Å²) < 4.78 is 13.8. The first-order valence-electron chi connectivity index (χ1n) is 10.8. The molecule has 33 heavy (non-hydrogen) atoms. The molecule has 1 unspecified atom stereocenters. The number of esters is 1. The van der Waals surface area contributed by atoms with Crippen LogP contribution in [0, 0.1) is 0 Å². The van der Waals surface area contributed by atoms with Gasteiger partial charge in [0.1, 0.15) is 17.5 Å². The van der Waals surface area contributed by atoms with E-state index in [2.05, 4.69) is 10.2 Å². The summed E-state index contributed by atoms with van der Waals surface area (Å²) >= 11 is 0. The van der Waals surface area contributed by atoms with E-state index in [1.807, 2.05) is 13.2 Å². The number of nitrogens with zero attached hydrogens (tertiary/aromatic N) is 6. The minimum absolute atomic E-state index is 0.137. The molecule has 11 nitrogen and oxygen atoms in total. The summed E-state index contributed by atoms with van der Waals surface area (Å²) in [5.74, 6) is -0.164. The molecule has 4 rings (SSSR count). The van der Waals surface area contributed by atoms with Crippen LogP contribution in [0.5, 0.6) is 0 Å². The zero-order valence-corrected chi connectivity index (χ0v) is 19.5. The van der Waals surface area contributed by atoms with Crippen molar-refractivity contribution in [2.24, 2.45) is 7.05 Å². The zero-order chi connectivity index (χ0) is 23.9. The maximum atomic E-state index is 12.9. The highest BCUT2D eigenvalue weighted by Gasteiger charge is 2.39. The molecular weight excluding hydrogens is 426 g/mol. The monoisotopic (exact) mass is 455 g/mol. The van der Waals surface area contributed by atoms with Crippen molar-refractivity contribution in [3.8, 4) is 11.1 Å². The SMILES string of the molecule is COC(=O)C1CC[C@H](c2cc(N)n3ncc(-c4cnn(C)c4)c3n2)CN1C(=O)OC(C)(C)C. The number of methoxy groups -OCH3 is 1. The number of hydrogen-bond acceptors (Lipinski definition) is 8. The van der Waals surface area contributed by atoms with E-state index in [0.29, 0.717) is 24.3 Å². The quantitative estimate of drug-likeness (QED) is 0.596. The number of aryl methyl sites for hydroxylation is 1. The van der Waals surface area contributed by atoms with E-state index in [-0.39, 0.29) is 12.5 Å². The number of nitrogens with two attached hydrogens (primary N) is 1. The van der Waals surface area contributed by atoms with Crippen LogP contribution >= 0.6 is 0 Å². The second-order valence-corrected chi connectivity index (χ2v) is 9.25. The van der Waals surface area contributed by atoms with Gasteiger partial charge in [0.05, 0.1) is 25.2 Å². The van der Waals surface area contributed by atoms with Crippen LogP contribution < -0.4 is 5.73 Å². The number of hydrogen-bond donors (Lipinski definition) is 1. The van der Waals surface area contributed by atoms with E-state index in [1.165, 1.54) is 12.0 Å². The van der Waals surface area contributed by atoms with Gasteiger partial charge in [-0.05, 0) is 33.6 Å². The van der Waals surface area contributed by atoms with Crippen molar-refractivity contribution >= 4 is 23.5 Å². The first-order valence-corrected chi connectivity index (χ1v) is 10.8. The predicted molar refractivity (Wildman–Crippen MR) is 120 cm³/mol. The summed E-state index contributed by atoms with van der Waals surface area (Å²) in [5, 5.41) is 8.59. The van der Waals surface area contributed by atoms with Gasteiger partial charge in [-0.1, -0.05) is 0 Å². The summed E-state index contributed by atoms with van der Waals surface area (Å²) in [6, 6.07) is 1.06. The summed E-state index contributed by atoms with van der Waals surface area (Å²) in [4.78, 5) is 31.6. The van der Waals surface area contributed by atoms with Crippen LogP contribution in [0.4, 0.5) is 10.6 Å². The number of carbonyl (C=O) groups excluding carboxylic acids is 2. The number of fused-ring (bicyclic) bond motifs is 1. The third-order valence-corrected chi connectivity index (χ3v) is 5.64. The van der Waals surface area contributed by atoms with Gasteiger partial charge >= 0.3 is 12.1 Å². The fourth-order valence-corrected chi connectivity index (χ4v) is 4.09. The maximum absolute atomic E-state index is 12.9. The van der Waals surface area contributed by atoms with Crippen LogP contribution in [-0.2, 0) is 21.3 Å². The Kier molecular flexibility index (Phi) is 5.73. The zero-order valence-electron chi connectivity index (χ0n) is 19.5. The molecular formula is C22H29N7O4. The van der Waals surface area contributed by atoms with E-state index < -0.39 is 23.7 Å². The first kappa shape index (κ1) is 22.6. The Morgan fingerprint density at radius 1 is 1.18 bits per heavy atom. The summed E-state index contributed by atoms with van der Waals surface area (Å²) in [6.45, 7) is 5.62. The molecule has 3 aromatic heterocycles. The molecule has 1 aliphatic rings. The number of anilines is 1. The average Bonchev–Trinajstić information content (AvgIpc) is 3.37. The lowest BCUT2D eigenvalue weighted by Crippen LogP contribution is -2.52. The van der Waals surface area contributed by atoms with Crippen molar-refractivity contribution in [2.75, 3.05) is 19.4 Å². The van der Waals surface area contributed by atoms with E-state index in [4.69, 9.17) is 20.2 Å². The number of likely N-dealkylation sites (tertiary alicyclic amines) is 1. The van der Waals surface area contributed by atoms with E-state index >= 15 is 0 Å². The molecule has 4 heterocycles. The van der Waals surface area contributed by atoms with Crippen molar-refractivity contribution in [1.29, 1.82) is 0 Å². The normalized spacial score (nSPS) is 19.0. The number of nitrogen functional groups attached to an aromatic ring is 1. The minimum atomic E-state index is -0.705. The average molecular weight is 456 g/mol. The van der Waals surface area contributed by atoms with Gasteiger partial charge in [0.15, 0.2) is 5.65 Å². The van der Waals surface area contributed by atoms with Crippen LogP contribution in [0.15, 0.2) is 24.7 Å². The van der Waals surface area contributed by atoms with Gasteiger partial charge in [-0.25, -0.2) is 14.6 Å². The summed E-state index contributed by atoms with van der Waals surface area (Å²) in [5.41, 5.74) is 8.62. The third kappa shape index (κ3) is 4.48. The summed E-state index contributed by atoms with van der Waals surface area (Å²) in [7, 11) is 3.16. The topological polar surface area (TPSA) is 130 Å². The molecule has 0 saturated carbocycles. The van der Waals surface area contributed by atoms with Crippen LogP contribution in [0.2, 0.25) is 0 Å². The Labute approximate surface area is 191 Å². The van der Waals surface area contributed by atoms with Crippen molar-refractivity contribution < 1.29 is 19.1 Å². The third-order valence-electron chi connectivity index (χ3n) is 5.64. The molecule has 176 valence electrons. The number of amides is 1. The van der Waals surface area contributed by atoms with Gasteiger partial charge < -0.3 is 15.2 Å². The maximum Gasteiger partial charge on any atom is 0.411 e. The molecule has 1 aliphatic heterocycles. The second-order valence-electron chi connectivity index (χ2n) is 9.25. The Morgan fingerprint density at radius 3 is 2.58 bits per heavy atom. The Morgan fingerprint density at radius 2 is 1.94 bits per heavy atom. The fourth-order valence-electron chi connectivity index (χ4n) is 4.09. The molecule has 0 radical (unpaired) electrons. The highest BCUT2D eigenvalue weighted by atomic mass is 16.6. The van der Waals surface area contributed by atoms with E-state index in [0.717, 1.165) is 16.8 Å². The van der Waals surface area contributed by atoms with Crippen molar-refractivity contribution in [3.05, 3.63) is 30.4 Å². The molecule has 2 atom stereocenters. The van der Waals surface area contributed by atoms with Gasteiger partial charge in [0.2, 0.25) is 0 Å². The number of piperidine rings is 1. The fraction of sp³-hybridized carbons (Fsp3) is 0.500. The lowest BCUT2D eigenvalue weighted by molar-refractivity contribution is -0.148. The predicted octanol–water partition coefficient (Wildman–Crippen LogP) is 2.37. The number of carbonyl (C=O) groups is 2. The summed E-state index contributed by atoms with van der Waals surface area (Å²) in [6.07, 6.45) is 5.84. The standard InChI is InChI=1S/C22H29N7O4/c1-22(2,3)33-21(31)28-12-13(6-7-17(28)20(30)32-5)16-8-18(23)29-19(26-16)15(10-25-29)14-9-24-27(4)11-14/h8-11,13,17H,6-7,12,23H2,1-5H3/t13-,17?/m0/s1. The lowest BCUT2D eigenvalue weighted by atomic mass is 9.90. The van der Waals surface area contributed by atoms with Crippen molar-refractivity contribution in [3.63, 3.8) is 0 Å². The Hall–Kier alpha value is -3.63. The number of rotatable bonds is 3. The Balaban J connectivity index is 1.68. The van der Waals surface area contributed by atoms with Crippen molar-refractivity contribution in [1.82, 2.24) is 29.3 Å². The van der Waals surface area contributed by atoms with Crippen LogP contribution in [-0.4, -0.2) is 66.6 Å². The molecule has 0 aliphatic carbocycles. The highest BCUT2D eigenvalue weighted by Crippen LogP contribution is 2.33. The van der Waals surface area contributed by atoms with Crippen LogP contribution in [0.25, 0.3) is 16.8 Å². The van der Waals surface area contributed by atoms with Gasteiger partial charge in [-0.3, -0.25) is 9.58 Å². The Bertz CT molecular complexity index is 1190. The molecule has 11 heteroatoms. The second kappa shape index (κ2) is 8.38. The number of ether oxygens (including phenoxy) is 2. The first-order chi connectivity index (χ1) is 15.6. The van der Waals surface area contributed by atoms with Gasteiger partial charge in [0, 0.05) is 42.9 Å². The molecule has 1 saturated heterocycles. The van der Waals surface area contributed by atoms with Gasteiger partial charge in [-0.2, -0.15) is 14.7 Å². The molecule has 1 amide bonds. The van der Waals surface area contributed by atoms with Gasteiger partial charge in [0.25, 0.3) is 0 Å². The molecule has 0 aromatic carbocycles. The smallest absolute Gasteiger partial charge is 0.411 e. The lowest BCUT2D eigenvalue weighted by Gasteiger charge is -2.38. The highest BCUT2D eigenvalue weighted by molar-refractivity contribution is 5.82. The number of aromatic nitrogens is 5. The van der Waals surface area contributed by atoms with E-state index in [1.54, 1.807) is 48.4 Å². The molecule has 1 fully saturated rings.